The predicted molar refractivity (Wildman–Crippen MR) is 86.0 cm³/mol. The molecule has 0 aliphatic carbocycles. The Kier molecular flexibility index (Phi) is 3.97. The van der Waals surface area contributed by atoms with Crippen molar-refractivity contribution in [2.45, 2.75) is 18.6 Å². The number of hydrogen-bond acceptors (Lipinski definition) is 5. The summed E-state index contributed by atoms with van der Waals surface area (Å²) in [5.74, 6) is 1.29. The van der Waals surface area contributed by atoms with Crippen LogP contribution < -0.4 is 4.74 Å². The molecule has 1 spiro atoms. The van der Waals surface area contributed by atoms with E-state index in [1.807, 2.05) is 30.6 Å². The van der Waals surface area contributed by atoms with E-state index in [0.717, 1.165) is 38.4 Å². The first-order valence-corrected chi connectivity index (χ1v) is 8.12. The molecule has 2 saturated heterocycles. The van der Waals surface area contributed by atoms with E-state index >= 15 is 0 Å². The summed E-state index contributed by atoms with van der Waals surface area (Å²) in [5, 5.41) is 0. The SMILES string of the molecule is c1cncc(CN2CC3(C2)OCCC3COc2cccnc2)c1. The maximum absolute atomic E-state index is 6.09. The lowest BCUT2D eigenvalue weighted by Gasteiger charge is -2.50. The number of aromatic nitrogens is 2. The van der Waals surface area contributed by atoms with E-state index in [1.165, 1.54) is 5.56 Å². The van der Waals surface area contributed by atoms with E-state index in [0.29, 0.717) is 12.5 Å². The Morgan fingerprint density at radius 2 is 2.00 bits per heavy atom. The van der Waals surface area contributed by atoms with Gasteiger partial charge in [0.2, 0.25) is 0 Å². The van der Waals surface area contributed by atoms with Crippen molar-refractivity contribution in [3.8, 4) is 5.75 Å². The fourth-order valence-electron chi connectivity index (χ4n) is 3.57. The highest BCUT2D eigenvalue weighted by Gasteiger charge is 2.53. The molecule has 0 N–H and O–H groups in total. The maximum atomic E-state index is 6.09. The predicted octanol–water partition coefficient (Wildman–Crippen LogP) is 2.15. The van der Waals surface area contributed by atoms with Gasteiger partial charge in [-0.1, -0.05) is 6.07 Å². The molecular weight excluding hydrogens is 290 g/mol. The number of likely N-dealkylation sites (tertiary alicyclic amines) is 1. The second kappa shape index (κ2) is 6.26. The molecule has 2 aromatic rings. The highest BCUT2D eigenvalue weighted by atomic mass is 16.5. The van der Waals surface area contributed by atoms with Gasteiger partial charge < -0.3 is 9.47 Å². The summed E-state index contributed by atoms with van der Waals surface area (Å²) in [6.45, 7) is 4.43. The fraction of sp³-hybridized carbons (Fsp3) is 0.444. The molecule has 4 heterocycles. The highest BCUT2D eigenvalue weighted by molar-refractivity contribution is 5.16. The normalized spacial score (nSPS) is 22.9. The molecule has 0 amide bonds. The van der Waals surface area contributed by atoms with Gasteiger partial charge in [-0.2, -0.15) is 0 Å². The highest BCUT2D eigenvalue weighted by Crippen LogP contribution is 2.40. The third kappa shape index (κ3) is 3.07. The summed E-state index contributed by atoms with van der Waals surface area (Å²) in [6.07, 6.45) is 8.34. The molecule has 0 radical (unpaired) electrons. The van der Waals surface area contributed by atoms with Gasteiger partial charge in [-0.05, 0) is 30.2 Å². The monoisotopic (exact) mass is 311 g/mol. The smallest absolute Gasteiger partial charge is 0.137 e. The van der Waals surface area contributed by atoms with Gasteiger partial charge >= 0.3 is 0 Å². The molecule has 1 atom stereocenters. The first kappa shape index (κ1) is 14.6. The number of hydrogen-bond donors (Lipinski definition) is 0. The lowest BCUT2D eigenvalue weighted by atomic mass is 9.81. The van der Waals surface area contributed by atoms with Crippen molar-refractivity contribution in [3.05, 3.63) is 54.6 Å². The Hall–Kier alpha value is -1.98. The van der Waals surface area contributed by atoms with Gasteiger partial charge in [-0.3, -0.25) is 14.9 Å². The minimum absolute atomic E-state index is 0.0234. The van der Waals surface area contributed by atoms with E-state index in [4.69, 9.17) is 9.47 Å². The molecule has 2 aliphatic rings. The maximum Gasteiger partial charge on any atom is 0.137 e. The van der Waals surface area contributed by atoms with E-state index in [9.17, 15) is 0 Å². The van der Waals surface area contributed by atoms with Crippen LogP contribution in [0.25, 0.3) is 0 Å². The van der Waals surface area contributed by atoms with Crippen LogP contribution in [0.3, 0.4) is 0 Å². The zero-order valence-electron chi connectivity index (χ0n) is 13.1. The summed E-state index contributed by atoms with van der Waals surface area (Å²) in [5.41, 5.74) is 1.23. The number of ether oxygens (including phenoxy) is 2. The Morgan fingerprint density at radius 3 is 2.74 bits per heavy atom. The molecule has 5 heteroatoms. The number of rotatable bonds is 5. The molecule has 2 aromatic heterocycles. The third-order valence-electron chi connectivity index (χ3n) is 4.80. The molecule has 23 heavy (non-hydrogen) atoms. The average molecular weight is 311 g/mol. The van der Waals surface area contributed by atoms with E-state index < -0.39 is 0 Å². The van der Waals surface area contributed by atoms with E-state index in [1.54, 1.807) is 12.4 Å². The third-order valence-corrected chi connectivity index (χ3v) is 4.80. The zero-order chi connectivity index (χ0) is 15.5. The van der Waals surface area contributed by atoms with Gasteiger partial charge in [0.25, 0.3) is 0 Å². The summed E-state index contributed by atoms with van der Waals surface area (Å²) in [7, 11) is 0. The van der Waals surface area contributed by atoms with Crippen molar-refractivity contribution in [1.82, 2.24) is 14.9 Å². The minimum Gasteiger partial charge on any atom is -0.492 e. The van der Waals surface area contributed by atoms with Gasteiger partial charge in [0.05, 0.1) is 18.4 Å². The molecule has 1 unspecified atom stereocenters. The average Bonchev–Trinajstić information content (AvgIpc) is 2.98. The van der Waals surface area contributed by atoms with Crippen molar-refractivity contribution in [3.63, 3.8) is 0 Å². The van der Waals surface area contributed by atoms with Gasteiger partial charge in [0.1, 0.15) is 5.75 Å². The first-order valence-electron chi connectivity index (χ1n) is 8.12. The Bertz CT molecular complexity index is 629. The first-order chi connectivity index (χ1) is 11.3. The van der Waals surface area contributed by atoms with E-state index in [-0.39, 0.29) is 5.60 Å². The van der Waals surface area contributed by atoms with Gasteiger partial charge in [0, 0.05) is 50.7 Å². The lowest BCUT2D eigenvalue weighted by molar-refractivity contribution is -0.140. The minimum atomic E-state index is -0.0234. The van der Waals surface area contributed by atoms with Crippen molar-refractivity contribution >= 4 is 0 Å². The van der Waals surface area contributed by atoms with Crippen LogP contribution in [0.15, 0.2) is 49.1 Å². The lowest BCUT2D eigenvalue weighted by Crippen LogP contribution is -2.64. The van der Waals surface area contributed by atoms with Crippen LogP contribution in [-0.2, 0) is 11.3 Å². The van der Waals surface area contributed by atoms with Gasteiger partial charge in [0.15, 0.2) is 0 Å². The number of pyridine rings is 2. The zero-order valence-corrected chi connectivity index (χ0v) is 13.1. The van der Waals surface area contributed by atoms with Crippen LogP contribution in [0.5, 0.6) is 5.75 Å². The molecule has 120 valence electrons. The van der Waals surface area contributed by atoms with Gasteiger partial charge in [-0.25, -0.2) is 0 Å². The van der Waals surface area contributed by atoms with Crippen molar-refractivity contribution in [2.75, 3.05) is 26.3 Å². The fourth-order valence-corrected chi connectivity index (χ4v) is 3.57. The molecule has 0 saturated carbocycles. The topological polar surface area (TPSA) is 47.5 Å². The van der Waals surface area contributed by atoms with Crippen LogP contribution in [0.4, 0.5) is 0 Å². The quantitative estimate of drug-likeness (QED) is 0.847. The number of nitrogens with zero attached hydrogens (tertiary/aromatic N) is 3. The van der Waals surface area contributed by atoms with Crippen molar-refractivity contribution < 1.29 is 9.47 Å². The van der Waals surface area contributed by atoms with E-state index in [2.05, 4.69) is 20.9 Å². The summed E-state index contributed by atoms with van der Waals surface area (Å²) in [6, 6.07) is 7.96. The molecular formula is C18H21N3O2. The molecule has 2 fully saturated rings. The molecule has 0 aromatic carbocycles. The summed E-state index contributed by atoms with van der Waals surface area (Å²) >= 11 is 0. The molecule has 2 aliphatic heterocycles. The molecule has 5 nitrogen and oxygen atoms in total. The molecule has 0 bridgehead atoms. The Labute approximate surface area is 136 Å². The van der Waals surface area contributed by atoms with Crippen LogP contribution >= 0.6 is 0 Å². The second-order valence-electron chi connectivity index (χ2n) is 6.41. The van der Waals surface area contributed by atoms with Crippen LogP contribution in [0, 0.1) is 5.92 Å². The molecule has 4 rings (SSSR count). The Balaban J connectivity index is 1.32. The van der Waals surface area contributed by atoms with Crippen molar-refractivity contribution in [2.24, 2.45) is 5.92 Å². The van der Waals surface area contributed by atoms with Gasteiger partial charge in [-0.15, -0.1) is 0 Å². The summed E-state index contributed by atoms with van der Waals surface area (Å²) < 4.78 is 12.0. The van der Waals surface area contributed by atoms with Crippen LogP contribution in [0.2, 0.25) is 0 Å². The van der Waals surface area contributed by atoms with Crippen LogP contribution in [-0.4, -0.2) is 46.8 Å². The van der Waals surface area contributed by atoms with Crippen molar-refractivity contribution in [1.29, 1.82) is 0 Å². The summed E-state index contributed by atoms with van der Waals surface area (Å²) in [4.78, 5) is 10.7. The largest absolute Gasteiger partial charge is 0.492 e. The Morgan fingerprint density at radius 1 is 1.17 bits per heavy atom. The standard InChI is InChI=1S/C18H21N3O2/c1-3-15(9-19-6-1)11-21-13-18(14-21)16(5-8-23-18)12-22-17-4-2-7-20-10-17/h1-4,6-7,9-10,16H,5,8,11-14H2. The second-order valence-corrected chi connectivity index (χ2v) is 6.41. The van der Waals surface area contributed by atoms with Crippen LogP contribution in [0.1, 0.15) is 12.0 Å².